The van der Waals surface area contributed by atoms with Gasteiger partial charge in [-0.05, 0) is 24.6 Å². The normalized spacial score (nSPS) is 24.1. The summed E-state index contributed by atoms with van der Waals surface area (Å²) in [5.74, 6) is -4.31. The molecule has 0 saturated carbocycles. The number of fused-ring (bicyclic) bond motifs is 1. The minimum atomic E-state index is -1.50. The van der Waals surface area contributed by atoms with Crippen molar-refractivity contribution in [3.05, 3.63) is 71.3 Å². The fourth-order valence-corrected chi connectivity index (χ4v) is 5.41. The zero-order valence-corrected chi connectivity index (χ0v) is 19.6. The van der Waals surface area contributed by atoms with Crippen molar-refractivity contribution >= 4 is 34.7 Å². The molecule has 1 fully saturated rings. The highest BCUT2D eigenvalue weighted by Crippen LogP contribution is 2.47. The van der Waals surface area contributed by atoms with E-state index in [-0.39, 0.29) is 23.8 Å². The van der Waals surface area contributed by atoms with Crippen LogP contribution >= 0.6 is 11.8 Å². The Morgan fingerprint density at radius 3 is 2.61 bits per heavy atom. The van der Waals surface area contributed by atoms with Crippen molar-refractivity contribution in [1.29, 1.82) is 0 Å². The molecule has 2 aliphatic heterocycles. The van der Waals surface area contributed by atoms with Gasteiger partial charge in [-0.1, -0.05) is 36.0 Å². The highest BCUT2D eigenvalue weighted by Gasteiger charge is 2.51. The van der Waals surface area contributed by atoms with Gasteiger partial charge in [0.2, 0.25) is 5.91 Å². The standard InChI is InChI=1S/C24H23F2N3O6S/c25-15-6-7-16(17(26)9-15)24-12-35-19(21(32)27-18(10-30)22(33)34)8-14(24)11-36-23(29-24)28-20(31)13-4-2-1-3-5-13/h1-7,9,14,18-19,30H,8,10-12H2,(H,27,32)(H,33,34)(H,28,29,31)/t14-,18-,19+,24-/m0/s1. The number of carboxylic acid groups (broad SMARTS) is 1. The van der Waals surface area contributed by atoms with Gasteiger partial charge in [-0.2, -0.15) is 0 Å². The fourth-order valence-electron chi connectivity index (χ4n) is 4.24. The second kappa shape index (κ2) is 10.7. The molecule has 36 heavy (non-hydrogen) atoms. The molecule has 0 bridgehead atoms. The molecule has 9 nitrogen and oxygen atoms in total. The third-order valence-corrected chi connectivity index (χ3v) is 7.18. The summed E-state index contributed by atoms with van der Waals surface area (Å²) in [6.45, 7) is -1.08. The molecule has 0 aliphatic carbocycles. The topological polar surface area (TPSA) is 137 Å². The van der Waals surface area contributed by atoms with Crippen LogP contribution in [0, 0.1) is 17.6 Å². The summed E-state index contributed by atoms with van der Waals surface area (Å²) < 4.78 is 34.4. The van der Waals surface area contributed by atoms with Crippen LogP contribution in [-0.2, 0) is 19.9 Å². The largest absolute Gasteiger partial charge is 0.480 e. The molecule has 2 aromatic rings. The van der Waals surface area contributed by atoms with Crippen LogP contribution in [0.3, 0.4) is 0 Å². The third kappa shape index (κ3) is 5.25. The van der Waals surface area contributed by atoms with Crippen molar-refractivity contribution < 1.29 is 38.1 Å². The van der Waals surface area contributed by atoms with Crippen LogP contribution in [0.1, 0.15) is 22.3 Å². The maximum Gasteiger partial charge on any atom is 0.328 e. The molecule has 2 amide bonds. The molecule has 2 aliphatic rings. The number of aliphatic imine (C=N–C) groups is 1. The smallest absolute Gasteiger partial charge is 0.328 e. The Kier molecular flexibility index (Phi) is 7.67. The van der Waals surface area contributed by atoms with E-state index in [1.807, 2.05) is 0 Å². The van der Waals surface area contributed by atoms with Crippen LogP contribution in [0.25, 0.3) is 0 Å². The first kappa shape index (κ1) is 25.7. The number of aliphatic hydroxyl groups excluding tert-OH is 1. The summed E-state index contributed by atoms with van der Waals surface area (Å²) in [4.78, 5) is 41.1. The van der Waals surface area contributed by atoms with Crippen molar-refractivity contribution in [3.8, 4) is 0 Å². The zero-order chi connectivity index (χ0) is 25.9. The first-order chi connectivity index (χ1) is 17.2. The molecule has 0 spiro atoms. The summed E-state index contributed by atoms with van der Waals surface area (Å²) in [6, 6.07) is 10.1. The minimum Gasteiger partial charge on any atom is -0.480 e. The Balaban J connectivity index is 1.63. The number of hydrogen-bond donors (Lipinski definition) is 4. The highest BCUT2D eigenvalue weighted by molar-refractivity contribution is 8.13. The number of thioether (sulfide) groups is 1. The van der Waals surface area contributed by atoms with Crippen LogP contribution in [0.2, 0.25) is 0 Å². The van der Waals surface area contributed by atoms with E-state index in [0.29, 0.717) is 11.3 Å². The Morgan fingerprint density at radius 1 is 1.19 bits per heavy atom. The van der Waals surface area contributed by atoms with Gasteiger partial charge in [-0.3, -0.25) is 9.59 Å². The van der Waals surface area contributed by atoms with Crippen molar-refractivity contribution in [2.45, 2.75) is 24.1 Å². The van der Waals surface area contributed by atoms with Crippen molar-refractivity contribution in [1.82, 2.24) is 10.6 Å². The van der Waals surface area contributed by atoms with Gasteiger partial charge in [0.15, 0.2) is 5.17 Å². The van der Waals surface area contributed by atoms with Crippen molar-refractivity contribution in [3.63, 3.8) is 0 Å². The number of carbonyl (C=O) groups excluding carboxylic acids is 2. The lowest BCUT2D eigenvalue weighted by Gasteiger charge is -2.46. The van der Waals surface area contributed by atoms with Crippen molar-refractivity contribution in [2.24, 2.45) is 10.9 Å². The van der Waals surface area contributed by atoms with Crippen LogP contribution in [0.5, 0.6) is 0 Å². The number of hydrogen-bond acceptors (Lipinski definition) is 7. The quantitative estimate of drug-likeness (QED) is 0.456. The first-order valence-electron chi connectivity index (χ1n) is 11.0. The second-order valence-corrected chi connectivity index (χ2v) is 9.42. The second-order valence-electron chi connectivity index (χ2n) is 8.41. The SMILES string of the molecule is O=C(NC1=N[C@@]2(c3ccc(F)cc3F)CO[C@@H](C(=O)N[C@@H](CO)C(=O)O)C[C@H]2CS1)c1ccccc1. The lowest BCUT2D eigenvalue weighted by molar-refractivity contribution is -0.149. The fraction of sp³-hybridized carbons (Fsp3) is 0.333. The number of rotatable bonds is 6. The van der Waals surface area contributed by atoms with Gasteiger partial charge < -0.3 is 25.6 Å². The third-order valence-electron chi connectivity index (χ3n) is 6.14. The van der Waals surface area contributed by atoms with E-state index in [1.165, 1.54) is 17.8 Å². The molecule has 12 heteroatoms. The zero-order valence-electron chi connectivity index (χ0n) is 18.8. The van der Waals surface area contributed by atoms with Crippen LogP contribution in [0.4, 0.5) is 8.78 Å². The maximum absolute atomic E-state index is 15.0. The summed E-state index contributed by atoms with van der Waals surface area (Å²) in [7, 11) is 0. The molecule has 2 heterocycles. The number of ether oxygens (including phenoxy) is 1. The molecule has 0 unspecified atom stereocenters. The highest BCUT2D eigenvalue weighted by atomic mass is 32.2. The van der Waals surface area contributed by atoms with Crippen LogP contribution in [-0.4, -0.2) is 64.3 Å². The summed E-state index contributed by atoms with van der Waals surface area (Å²) in [5.41, 5.74) is -0.904. The van der Waals surface area contributed by atoms with Gasteiger partial charge in [0.1, 0.15) is 29.3 Å². The average Bonchev–Trinajstić information content (AvgIpc) is 2.86. The molecule has 2 aromatic carbocycles. The van der Waals surface area contributed by atoms with Gasteiger partial charge in [-0.15, -0.1) is 0 Å². The molecule has 0 radical (unpaired) electrons. The lowest BCUT2D eigenvalue weighted by atomic mass is 9.75. The van der Waals surface area contributed by atoms with E-state index in [4.69, 9.17) is 9.84 Å². The number of carboxylic acids is 1. The number of carbonyl (C=O) groups is 3. The summed E-state index contributed by atoms with van der Waals surface area (Å²) >= 11 is 1.21. The number of amidine groups is 1. The van der Waals surface area contributed by atoms with E-state index in [9.17, 15) is 28.3 Å². The van der Waals surface area contributed by atoms with E-state index in [1.54, 1.807) is 30.3 Å². The molecular formula is C24H23F2N3O6S. The van der Waals surface area contributed by atoms with Gasteiger partial charge >= 0.3 is 5.97 Å². The summed E-state index contributed by atoms with van der Waals surface area (Å²) in [5, 5.41) is 23.4. The monoisotopic (exact) mass is 519 g/mol. The maximum atomic E-state index is 15.0. The van der Waals surface area contributed by atoms with Gasteiger partial charge in [0, 0.05) is 28.9 Å². The predicted octanol–water partition coefficient (Wildman–Crippen LogP) is 1.66. The van der Waals surface area contributed by atoms with Gasteiger partial charge in [0.25, 0.3) is 5.91 Å². The summed E-state index contributed by atoms with van der Waals surface area (Å²) in [6.07, 6.45) is -1.02. The molecule has 4 rings (SSSR count). The molecule has 190 valence electrons. The van der Waals surface area contributed by atoms with Crippen molar-refractivity contribution in [2.75, 3.05) is 19.0 Å². The minimum absolute atomic E-state index is 0.0524. The lowest BCUT2D eigenvalue weighted by Crippen LogP contribution is -2.56. The molecule has 4 N–H and O–H groups in total. The Labute approximate surface area is 208 Å². The van der Waals surface area contributed by atoms with E-state index >= 15 is 0 Å². The van der Waals surface area contributed by atoms with Crippen LogP contribution in [0.15, 0.2) is 53.5 Å². The molecular weight excluding hydrogens is 496 g/mol. The average molecular weight is 520 g/mol. The Bertz CT molecular complexity index is 1200. The number of benzene rings is 2. The van der Waals surface area contributed by atoms with E-state index in [0.717, 1.165) is 12.1 Å². The number of halogens is 2. The number of nitrogens with one attached hydrogen (secondary N) is 2. The van der Waals surface area contributed by atoms with E-state index < -0.39 is 59.6 Å². The first-order valence-corrected chi connectivity index (χ1v) is 12.0. The molecule has 4 atom stereocenters. The predicted molar refractivity (Wildman–Crippen MR) is 126 cm³/mol. The number of amides is 2. The molecule has 1 saturated heterocycles. The van der Waals surface area contributed by atoms with Gasteiger partial charge in [-0.25, -0.2) is 18.6 Å². The number of aliphatic hydroxyl groups is 1. The van der Waals surface area contributed by atoms with Crippen LogP contribution < -0.4 is 10.6 Å². The Hall–Kier alpha value is -3.35. The number of nitrogens with zero attached hydrogens (tertiary/aromatic N) is 1. The molecule has 0 aromatic heterocycles. The Morgan fingerprint density at radius 2 is 1.94 bits per heavy atom. The van der Waals surface area contributed by atoms with Gasteiger partial charge in [0.05, 0.1) is 13.2 Å². The number of aliphatic carboxylic acids is 1. The van der Waals surface area contributed by atoms with E-state index in [2.05, 4.69) is 15.6 Å².